The molecule has 0 spiro atoms. The zero-order chi connectivity index (χ0) is 15.2. The van der Waals surface area contributed by atoms with Gasteiger partial charge in [0.25, 0.3) is 5.91 Å². The van der Waals surface area contributed by atoms with Gasteiger partial charge in [-0.3, -0.25) is 4.79 Å². The molecule has 2 aromatic rings. The molecule has 0 aliphatic rings. The van der Waals surface area contributed by atoms with Crippen molar-refractivity contribution in [2.45, 2.75) is 27.2 Å². The Hall–Kier alpha value is -2.43. The van der Waals surface area contributed by atoms with E-state index in [4.69, 9.17) is 0 Å². The van der Waals surface area contributed by atoms with Crippen LogP contribution in [0, 0.1) is 13.8 Å². The molecule has 21 heavy (non-hydrogen) atoms. The number of aryl methyl sites for hydroxylation is 2. The Kier molecular flexibility index (Phi) is 4.87. The summed E-state index contributed by atoms with van der Waals surface area (Å²) >= 11 is 0. The molecule has 2 aromatic heterocycles. The van der Waals surface area contributed by atoms with Crippen LogP contribution in [0.3, 0.4) is 0 Å². The van der Waals surface area contributed by atoms with Crippen molar-refractivity contribution in [3.8, 4) is 0 Å². The summed E-state index contributed by atoms with van der Waals surface area (Å²) < 4.78 is 0. The van der Waals surface area contributed by atoms with Crippen molar-refractivity contribution in [1.82, 2.24) is 9.97 Å². The van der Waals surface area contributed by atoms with E-state index in [1.165, 1.54) is 0 Å². The molecular formula is C16H20N4O. The molecule has 0 atom stereocenters. The molecule has 0 aromatic carbocycles. The van der Waals surface area contributed by atoms with Crippen LogP contribution in [0.15, 0.2) is 30.5 Å². The van der Waals surface area contributed by atoms with Gasteiger partial charge in [0.15, 0.2) is 0 Å². The highest BCUT2D eigenvalue weighted by Gasteiger charge is 2.09. The standard InChI is InChI=1S/C16H20N4O/c1-4-7-17-13-5-6-14(18-10-13)16(21)20-15-9-11(2)8-12(3)19-15/h5-6,8-10,17H,4,7H2,1-3H3,(H,19,20,21). The van der Waals surface area contributed by atoms with Crippen LogP contribution >= 0.6 is 0 Å². The average molecular weight is 284 g/mol. The number of carbonyl (C=O) groups is 1. The van der Waals surface area contributed by atoms with Gasteiger partial charge in [-0.2, -0.15) is 0 Å². The van der Waals surface area contributed by atoms with E-state index in [1.807, 2.05) is 32.0 Å². The predicted octanol–water partition coefficient (Wildman–Crippen LogP) is 3.17. The fourth-order valence-electron chi connectivity index (χ4n) is 1.99. The summed E-state index contributed by atoms with van der Waals surface area (Å²) in [5.74, 6) is 0.294. The van der Waals surface area contributed by atoms with Crippen molar-refractivity contribution in [2.24, 2.45) is 0 Å². The maximum absolute atomic E-state index is 12.1. The Morgan fingerprint density at radius 3 is 2.67 bits per heavy atom. The maximum Gasteiger partial charge on any atom is 0.275 e. The van der Waals surface area contributed by atoms with E-state index in [1.54, 1.807) is 12.3 Å². The molecule has 0 aliphatic carbocycles. The minimum atomic E-state index is -0.255. The highest BCUT2D eigenvalue weighted by molar-refractivity contribution is 6.02. The van der Waals surface area contributed by atoms with Crippen LogP contribution in [0.4, 0.5) is 11.5 Å². The summed E-state index contributed by atoms with van der Waals surface area (Å²) in [5.41, 5.74) is 3.22. The predicted molar refractivity (Wildman–Crippen MR) is 84.7 cm³/mol. The lowest BCUT2D eigenvalue weighted by Gasteiger charge is -2.07. The summed E-state index contributed by atoms with van der Waals surface area (Å²) in [5, 5.41) is 5.99. The van der Waals surface area contributed by atoms with Gasteiger partial charge in [0, 0.05) is 12.2 Å². The van der Waals surface area contributed by atoms with Gasteiger partial charge in [0.2, 0.25) is 0 Å². The number of amides is 1. The Bertz CT molecular complexity index is 602. The van der Waals surface area contributed by atoms with Crippen LogP contribution in [0.5, 0.6) is 0 Å². The fourth-order valence-corrected chi connectivity index (χ4v) is 1.99. The van der Waals surface area contributed by atoms with Gasteiger partial charge < -0.3 is 10.6 Å². The molecular weight excluding hydrogens is 264 g/mol. The summed E-state index contributed by atoms with van der Waals surface area (Å²) in [6.45, 7) is 6.85. The number of rotatable bonds is 5. The SMILES string of the molecule is CCCNc1ccc(C(=O)Nc2cc(C)cc(C)n2)nc1. The minimum absolute atomic E-state index is 0.255. The smallest absolute Gasteiger partial charge is 0.275 e. The van der Waals surface area contributed by atoms with Crippen molar-refractivity contribution in [2.75, 3.05) is 17.2 Å². The third-order valence-corrected chi connectivity index (χ3v) is 2.91. The highest BCUT2D eigenvalue weighted by atomic mass is 16.1. The number of aromatic nitrogens is 2. The third kappa shape index (κ3) is 4.27. The Morgan fingerprint density at radius 1 is 1.24 bits per heavy atom. The topological polar surface area (TPSA) is 66.9 Å². The van der Waals surface area contributed by atoms with Gasteiger partial charge in [-0.1, -0.05) is 6.92 Å². The second-order valence-corrected chi connectivity index (χ2v) is 4.98. The van der Waals surface area contributed by atoms with Gasteiger partial charge in [-0.15, -0.1) is 0 Å². The Morgan fingerprint density at radius 2 is 2.05 bits per heavy atom. The second kappa shape index (κ2) is 6.83. The highest BCUT2D eigenvalue weighted by Crippen LogP contribution is 2.11. The Labute approximate surface area is 124 Å². The van der Waals surface area contributed by atoms with E-state index >= 15 is 0 Å². The quantitative estimate of drug-likeness (QED) is 0.885. The van der Waals surface area contributed by atoms with Crippen molar-refractivity contribution in [3.05, 3.63) is 47.4 Å². The first kappa shape index (κ1) is 15.0. The van der Waals surface area contributed by atoms with Crippen molar-refractivity contribution in [1.29, 1.82) is 0 Å². The minimum Gasteiger partial charge on any atom is -0.384 e. The zero-order valence-electron chi connectivity index (χ0n) is 12.6. The monoisotopic (exact) mass is 284 g/mol. The molecule has 0 fully saturated rings. The molecule has 0 saturated carbocycles. The molecule has 5 nitrogen and oxygen atoms in total. The number of pyridine rings is 2. The second-order valence-electron chi connectivity index (χ2n) is 4.98. The molecule has 0 bridgehead atoms. The molecule has 0 saturated heterocycles. The lowest BCUT2D eigenvalue weighted by atomic mass is 10.2. The largest absolute Gasteiger partial charge is 0.384 e. The van der Waals surface area contributed by atoms with Crippen LogP contribution in [0.25, 0.3) is 0 Å². The van der Waals surface area contributed by atoms with Gasteiger partial charge >= 0.3 is 0 Å². The first-order valence-corrected chi connectivity index (χ1v) is 7.05. The molecule has 2 N–H and O–H groups in total. The molecule has 110 valence electrons. The van der Waals surface area contributed by atoms with E-state index in [0.717, 1.165) is 29.9 Å². The van der Waals surface area contributed by atoms with E-state index in [9.17, 15) is 4.79 Å². The van der Waals surface area contributed by atoms with Gasteiger partial charge in [-0.25, -0.2) is 9.97 Å². The lowest BCUT2D eigenvalue weighted by molar-refractivity contribution is 0.102. The van der Waals surface area contributed by atoms with Crippen molar-refractivity contribution in [3.63, 3.8) is 0 Å². The van der Waals surface area contributed by atoms with Gasteiger partial charge in [0.05, 0.1) is 11.9 Å². The van der Waals surface area contributed by atoms with Gasteiger partial charge in [0.1, 0.15) is 11.5 Å². The molecule has 2 heterocycles. The van der Waals surface area contributed by atoms with Crippen LogP contribution in [0.1, 0.15) is 35.1 Å². The summed E-state index contributed by atoms with van der Waals surface area (Å²) in [6, 6.07) is 7.35. The number of hydrogen-bond donors (Lipinski definition) is 2. The summed E-state index contributed by atoms with van der Waals surface area (Å²) in [7, 11) is 0. The molecule has 2 rings (SSSR count). The van der Waals surface area contributed by atoms with Crippen molar-refractivity contribution < 1.29 is 4.79 Å². The molecule has 0 unspecified atom stereocenters. The van der Waals surface area contributed by atoms with Crippen LogP contribution in [0.2, 0.25) is 0 Å². The zero-order valence-corrected chi connectivity index (χ0v) is 12.6. The fraction of sp³-hybridized carbons (Fsp3) is 0.312. The van der Waals surface area contributed by atoms with Gasteiger partial charge in [-0.05, 0) is 50.1 Å². The lowest BCUT2D eigenvalue weighted by Crippen LogP contribution is -2.15. The third-order valence-electron chi connectivity index (χ3n) is 2.91. The summed E-state index contributed by atoms with van der Waals surface area (Å²) in [6.07, 6.45) is 2.71. The average Bonchev–Trinajstić information content (AvgIpc) is 2.44. The maximum atomic E-state index is 12.1. The number of anilines is 2. The number of nitrogens with zero attached hydrogens (tertiary/aromatic N) is 2. The summed E-state index contributed by atoms with van der Waals surface area (Å²) in [4.78, 5) is 20.6. The Balaban J connectivity index is 2.06. The molecule has 0 aliphatic heterocycles. The van der Waals surface area contributed by atoms with Crippen LogP contribution in [-0.4, -0.2) is 22.4 Å². The van der Waals surface area contributed by atoms with Crippen molar-refractivity contribution >= 4 is 17.4 Å². The van der Waals surface area contributed by atoms with Crippen LogP contribution in [-0.2, 0) is 0 Å². The molecule has 1 amide bonds. The number of hydrogen-bond acceptors (Lipinski definition) is 4. The first-order chi connectivity index (χ1) is 10.1. The molecule has 0 radical (unpaired) electrons. The van der Waals surface area contributed by atoms with Crippen LogP contribution < -0.4 is 10.6 Å². The van der Waals surface area contributed by atoms with E-state index < -0.39 is 0 Å². The van der Waals surface area contributed by atoms with E-state index in [0.29, 0.717) is 11.5 Å². The van der Waals surface area contributed by atoms with E-state index in [-0.39, 0.29) is 5.91 Å². The number of nitrogens with one attached hydrogen (secondary N) is 2. The normalized spacial score (nSPS) is 10.2. The molecule has 5 heteroatoms. The number of carbonyl (C=O) groups excluding carboxylic acids is 1. The van der Waals surface area contributed by atoms with E-state index in [2.05, 4.69) is 27.5 Å². The first-order valence-electron chi connectivity index (χ1n) is 7.05.